The van der Waals surface area contributed by atoms with Crippen molar-refractivity contribution < 1.29 is 18.5 Å². The fourth-order valence-corrected chi connectivity index (χ4v) is 2.97. The molecule has 2 aromatic heterocycles. The van der Waals surface area contributed by atoms with Gasteiger partial charge in [0, 0.05) is 16.8 Å². The highest BCUT2D eigenvalue weighted by molar-refractivity contribution is 6.05. The number of ether oxygens (including phenoxy) is 1. The van der Waals surface area contributed by atoms with E-state index in [1.165, 1.54) is 6.39 Å². The van der Waals surface area contributed by atoms with Crippen LogP contribution in [0.3, 0.4) is 0 Å². The number of hydrogen-bond donors (Lipinski definition) is 1. The summed E-state index contributed by atoms with van der Waals surface area (Å²) in [4.78, 5) is 12.8. The first-order valence-electron chi connectivity index (χ1n) is 9.34. The zero-order valence-electron chi connectivity index (χ0n) is 16.8. The van der Waals surface area contributed by atoms with Crippen molar-refractivity contribution in [3.05, 3.63) is 77.0 Å². The standard InChI is InChI=1S/C22H20N4O4/c1-13-7-8-17(22-25-23-12-29-22)10-20(13)24-21(27)16-5-4-6-18(9-16)28-11-19-14(2)26-30-15(19)3/h4-10,12H,11H2,1-3H3,(H,24,27). The largest absolute Gasteiger partial charge is 0.489 e. The number of aromatic nitrogens is 3. The van der Waals surface area contributed by atoms with Gasteiger partial charge in [-0.2, -0.15) is 0 Å². The molecule has 0 unspecified atom stereocenters. The lowest BCUT2D eigenvalue weighted by molar-refractivity contribution is 0.102. The Kier molecular flexibility index (Phi) is 5.30. The van der Waals surface area contributed by atoms with Gasteiger partial charge in [-0.05, 0) is 56.7 Å². The van der Waals surface area contributed by atoms with Crippen molar-refractivity contribution in [3.63, 3.8) is 0 Å². The molecule has 0 saturated carbocycles. The molecular weight excluding hydrogens is 384 g/mol. The molecule has 1 N–H and O–H groups in total. The third-order valence-electron chi connectivity index (χ3n) is 4.75. The van der Waals surface area contributed by atoms with E-state index >= 15 is 0 Å². The Morgan fingerprint density at radius 2 is 2.00 bits per heavy atom. The van der Waals surface area contributed by atoms with Crippen molar-refractivity contribution in [1.82, 2.24) is 15.4 Å². The van der Waals surface area contributed by atoms with Gasteiger partial charge < -0.3 is 19.0 Å². The molecule has 0 spiro atoms. The van der Waals surface area contributed by atoms with E-state index in [9.17, 15) is 4.79 Å². The second kappa shape index (κ2) is 8.20. The quantitative estimate of drug-likeness (QED) is 0.505. The maximum Gasteiger partial charge on any atom is 0.255 e. The lowest BCUT2D eigenvalue weighted by Crippen LogP contribution is -2.13. The summed E-state index contributed by atoms with van der Waals surface area (Å²) < 4.78 is 16.2. The first-order chi connectivity index (χ1) is 14.5. The minimum atomic E-state index is -0.247. The van der Waals surface area contributed by atoms with E-state index in [1.807, 2.05) is 32.9 Å². The number of carbonyl (C=O) groups excluding carboxylic acids is 1. The van der Waals surface area contributed by atoms with E-state index in [0.29, 0.717) is 29.5 Å². The molecule has 0 atom stereocenters. The van der Waals surface area contributed by atoms with Crippen molar-refractivity contribution in [3.8, 4) is 17.2 Å². The Balaban J connectivity index is 1.49. The third-order valence-corrected chi connectivity index (χ3v) is 4.75. The molecule has 0 aliphatic rings. The Morgan fingerprint density at radius 3 is 2.73 bits per heavy atom. The van der Waals surface area contributed by atoms with Crippen molar-refractivity contribution >= 4 is 11.6 Å². The number of nitrogens with one attached hydrogen (secondary N) is 1. The van der Waals surface area contributed by atoms with E-state index in [0.717, 1.165) is 28.1 Å². The molecule has 30 heavy (non-hydrogen) atoms. The highest BCUT2D eigenvalue weighted by atomic mass is 16.5. The van der Waals surface area contributed by atoms with Crippen LogP contribution in [-0.2, 0) is 6.61 Å². The summed E-state index contributed by atoms with van der Waals surface area (Å²) in [5, 5.41) is 14.4. The summed E-state index contributed by atoms with van der Waals surface area (Å²) in [5.74, 6) is 1.45. The number of hydrogen-bond acceptors (Lipinski definition) is 7. The number of carbonyl (C=O) groups is 1. The van der Waals surface area contributed by atoms with E-state index < -0.39 is 0 Å². The predicted octanol–water partition coefficient (Wildman–Crippen LogP) is 4.48. The summed E-state index contributed by atoms with van der Waals surface area (Å²) in [6, 6.07) is 12.6. The number of anilines is 1. The van der Waals surface area contributed by atoms with Gasteiger partial charge in [-0.1, -0.05) is 17.3 Å². The molecule has 152 valence electrons. The minimum absolute atomic E-state index is 0.247. The number of rotatable bonds is 6. The van der Waals surface area contributed by atoms with Crippen LogP contribution < -0.4 is 10.1 Å². The van der Waals surface area contributed by atoms with Crippen LogP contribution in [0.2, 0.25) is 0 Å². The first kappa shape index (κ1) is 19.4. The zero-order chi connectivity index (χ0) is 21.1. The second-order valence-corrected chi connectivity index (χ2v) is 6.85. The number of aryl methyl sites for hydroxylation is 3. The molecule has 0 aliphatic heterocycles. The lowest BCUT2D eigenvalue weighted by atomic mass is 10.1. The van der Waals surface area contributed by atoms with Gasteiger partial charge in [0.1, 0.15) is 18.1 Å². The van der Waals surface area contributed by atoms with Gasteiger partial charge in [0.15, 0.2) is 0 Å². The Bertz CT molecular complexity index is 1160. The molecule has 2 heterocycles. The molecule has 1 amide bonds. The van der Waals surface area contributed by atoms with E-state index in [-0.39, 0.29) is 5.91 Å². The lowest BCUT2D eigenvalue weighted by Gasteiger charge is -2.11. The third kappa shape index (κ3) is 4.07. The van der Waals surface area contributed by atoms with Gasteiger partial charge >= 0.3 is 0 Å². The highest BCUT2D eigenvalue weighted by Gasteiger charge is 2.13. The molecule has 4 rings (SSSR count). The van der Waals surface area contributed by atoms with Crippen LogP contribution in [0, 0.1) is 20.8 Å². The smallest absolute Gasteiger partial charge is 0.255 e. The average Bonchev–Trinajstić information content (AvgIpc) is 3.39. The van der Waals surface area contributed by atoms with Gasteiger partial charge in [0.25, 0.3) is 5.91 Å². The monoisotopic (exact) mass is 404 g/mol. The Labute approximate surface area is 172 Å². The second-order valence-electron chi connectivity index (χ2n) is 6.85. The average molecular weight is 404 g/mol. The molecule has 8 nitrogen and oxygen atoms in total. The number of amides is 1. The molecule has 0 radical (unpaired) electrons. The molecule has 0 fully saturated rings. The van der Waals surface area contributed by atoms with E-state index in [2.05, 4.69) is 20.7 Å². The minimum Gasteiger partial charge on any atom is -0.489 e. The van der Waals surface area contributed by atoms with Crippen LogP contribution in [0.25, 0.3) is 11.5 Å². The Hall–Kier alpha value is -3.94. The van der Waals surface area contributed by atoms with E-state index in [1.54, 1.807) is 30.3 Å². The topological polar surface area (TPSA) is 103 Å². The van der Waals surface area contributed by atoms with Crippen LogP contribution in [-0.4, -0.2) is 21.3 Å². The van der Waals surface area contributed by atoms with Crippen molar-refractivity contribution in [1.29, 1.82) is 0 Å². The maximum absolute atomic E-state index is 12.8. The van der Waals surface area contributed by atoms with Crippen molar-refractivity contribution in [2.45, 2.75) is 27.4 Å². The molecule has 0 saturated heterocycles. The van der Waals surface area contributed by atoms with Crippen LogP contribution >= 0.6 is 0 Å². The van der Waals surface area contributed by atoms with Crippen LogP contribution in [0.15, 0.2) is 57.8 Å². The summed E-state index contributed by atoms with van der Waals surface area (Å²) in [6.45, 7) is 5.94. The SMILES string of the molecule is Cc1ccc(-c2nnco2)cc1NC(=O)c1cccc(OCc2c(C)noc2C)c1. The molecule has 2 aromatic carbocycles. The summed E-state index contributed by atoms with van der Waals surface area (Å²) in [7, 11) is 0. The maximum atomic E-state index is 12.8. The molecule has 0 bridgehead atoms. The number of benzene rings is 2. The fourth-order valence-electron chi connectivity index (χ4n) is 2.97. The zero-order valence-corrected chi connectivity index (χ0v) is 16.8. The number of nitrogens with zero attached hydrogens (tertiary/aromatic N) is 3. The summed E-state index contributed by atoms with van der Waals surface area (Å²) in [5.41, 5.74) is 4.48. The Morgan fingerprint density at radius 1 is 1.13 bits per heavy atom. The van der Waals surface area contributed by atoms with Crippen LogP contribution in [0.4, 0.5) is 5.69 Å². The molecule has 4 aromatic rings. The summed E-state index contributed by atoms with van der Waals surface area (Å²) >= 11 is 0. The van der Waals surface area contributed by atoms with Crippen molar-refractivity contribution in [2.24, 2.45) is 0 Å². The molecule has 0 aliphatic carbocycles. The highest BCUT2D eigenvalue weighted by Crippen LogP contribution is 2.25. The van der Waals surface area contributed by atoms with Gasteiger partial charge in [0.05, 0.1) is 11.3 Å². The fraction of sp³-hybridized carbons (Fsp3) is 0.182. The first-order valence-corrected chi connectivity index (χ1v) is 9.34. The van der Waals surface area contributed by atoms with Gasteiger partial charge in [-0.15, -0.1) is 10.2 Å². The van der Waals surface area contributed by atoms with Gasteiger partial charge in [-0.3, -0.25) is 4.79 Å². The van der Waals surface area contributed by atoms with Crippen molar-refractivity contribution in [2.75, 3.05) is 5.32 Å². The van der Waals surface area contributed by atoms with E-state index in [4.69, 9.17) is 13.7 Å². The van der Waals surface area contributed by atoms with Crippen LogP contribution in [0.1, 0.15) is 32.9 Å². The van der Waals surface area contributed by atoms with Crippen LogP contribution in [0.5, 0.6) is 5.75 Å². The molecule has 8 heteroatoms. The normalized spacial score (nSPS) is 10.8. The van der Waals surface area contributed by atoms with Gasteiger partial charge in [0.2, 0.25) is 12.3 Å². The summed E-state index contributed by atoms with van der Waals surface area (Å²) in [6.07, 6.45) is 1.27. The molecular formula is C22H20N4O4. The van der Waals surface area contributed by atoms with Gasteiger partial charge in [-0.25, -0.2) is 0 Å². The predicted molar refractivity (Wildman–Crippen MR) is 109 cm³/mol.